The normalized spacial score (nSPS) is 19.0. The van der Waals surface area contributed by atoms with Crippen LogP contribution < -0.4 is 0 Å². The second kappa shape index (κ2) is 7.26. The Balaban J connectivity index is 1.91. The monoisotopic (exact) mass is 419 g/mol. The summed E-state index contributed by atoms with van der Waals surface area (Å²) in [6.07, 6.45) is -5.14. The summed E-state index contributed by atoms with van der Waals surface area (Å²) in [5, 5.41) is -0.480. The Labute approximate surface area is 158 Å². The van der Waals surface area contributed by atoms with Crippen LogP contribution in [0.4, 0.5) is 17.6 Å². The van der Waals surface area contributed by atoms with E-state index in [1.165, 1.54) is 24.3 Å². The number of rotatable bonds is 3. The van der Waals surface area contributed by atoms with Gasteiger partial charge in [0.15, 0.2) is 0 Å². The van der Waals surface area contributed by atoms with E-state index >= 15 is 0 Å². The van der Waals surface area contributed by atoms with Gasteiger partial charge in [-0.05, 0) is 35.4 Å². The lowest BCUT2D eigenvalue weighted by Crippen LogP contribution is -2.39. The summed E-state index contributed by atoms with van der Waals surface area (Å²) < 4.78 is 79.8. The maximum absolute atomic E-state index is 14.7. The van der Waals surface area contributed by atoms with E-state index < -0.39 is 39.5 Å². The lowest BCUT2D eigenvalue weighted by Gasteiger charge is -2.28. The smallest absolute Gasteiger partial charge is 0.241 e. The summed E-state index contributed by atoms with van der Waals surface area (Å²) in [7, 11) is -3.89. The summed E-state index contributed by atoms with van der Waals surface area (Å²) >= 11 is 5.59. The zero-order valence-corrected chi connectivity index (χ0v) is 15.3. The van der Waals surface area contributed by atoms with Crippen LogP contribution >= 0.6 is 11.6 Å². The molecule has 3 nitrogen and oxygen atoms in total. The summed E-state index contributed by atoms with van der Waals surface area (Å²) in [5.74, 6) is 0. The third kappa shape index (κ3) is 4.02. The minimum atomic E-state index is -4.67. The second-order valence-electron chi connectivity index (χ2n) is 5.95. The minimum absolute atomic E-state index is 0.0108. The number of hydrogen-bond donors (Lipinski definition) is 0. The van der Waals surface area contributed by atoms with Crippen LogP contribution in [0.25, 0.3) is 5.57 Å². The molecule has 9 heteroatoms. The Hall–Kier alpha value is -1.90. The molecule has 0 saturated heterocycles. The molecule has 2 aromatic carbocycles. The van der Waals surface area contributed by atoms with Crippen molar-refractivity contribution in [3.63, 3.8) is 0 Å². The van der Waals surface area contributed by atoms with E-state index in [9.17, 15) is 26.0 Å². The van der Waals surface area contributed by atoms with Gasteiger partial charge in [-0.25, -0.2) is 12.8 Å². The van der Waals surface area contributed by atoms with Gasteiger partial charge in [-0.2, -0.15) is 17.5 Å². The van der Waals surface area contributed by atoms with Crippen molar-refractivity contribution >= 4 is 27.2 Å². The highest BCUT2D eigenvalue weighted by molar-refractivity contribution is 7.89. The van der Waals surface area contributed by atoms with Crippen LogP contribution in [0, 0.1) is 0 Å². The second-order valence-corrected chi connectivity index (χ2v) is 8.30. The minimum Gasteiger partial charge on any atom is -0.241 e. The number of alkyl halides is 4. The molecule has 0 amide bonds. The first-order valence-electron chi connectivity index (χ1n) is 7.87. The van der Waals surface area contributed by atoms with Gasteiger partial charge in [-0.15, -0.1) is 0 Å². The van der Waals surface area contributed by atoms with Crippen LogP contribution in [-0.4, -0.2) is 32.0 Å². The molecular formula is C18H14ClF4NO2S. The van der Waals surface area contributed by atoms with Gasteiger partial charge in [0, 0.05) is 13.1 Å². The Kier molecular flexibility index (Phi) is 5.33. The van der Waals surface area contributed by atoms with Crippen molar-refractivity contribution in [2.45, 2.75) is 17.2 Å². The van der Waals surface area contributed by atoms with Gasteiger partial charge >= 0.3 is 6.18 Å². The SMILES string of the molecule is O=S(=O)(c1ccccc1)N1CC=C(c2ccc(Cl)c(C(F)(F)F)c2)C(F)C1. The van der Waals surface area contributed by atoms with Crippen LogP contribution in [-0.2, 0) is 16.2 Å². The standard InChI is InChI=1S/C18H14ClF4NO2S/c19-16-7-6-12(10-15(16)18(21,22)23)14-8-9-24(11-17(14)20)27(25,26)13-4-2-1-3-5-13/h1-8,10,17H,9,11H2. The van der Waals surface area contributed by atoms with Crippen molar-refractivity contribution in [2.24, 2.45) is 0 Å². The molecule has 1 heterocycles. The van der Waals surface area contributed by atoms with Gasteiger partial charge in [-0.1, -0.05) is 41.9 Å². The van der Waals surface area contributed by atoms with Crippen molar-refractivity contribution in [1.29, 1.82) is 0 Å². The van der Waals surface area contributed by atoms with Gasteiger partial charge in [0.05, 0.1) is 15.5 Å². The van der Waals surface area contributed by atoms with Crippen molar-refractivity contribution in [2.75, 3.05) is 13.1 Å². The number of nitrogens with zero attached hydrogens (tertiary/aromatic N) is 1. The maximum atomic E-state index is 14.7. The number of hydrogen-bond acceptors (Lipinski definition) is 2. The van der Waals surface area contributed by atoms with Crippen molar-refractivity contribution in [1.82, 2.24) is 4.31 Å². The molecule has 0 spiro atoms. The Bertz CT molecular complexity index is 975. The molecule has 0 fully saturated rings. The van der Waals surface area contributed by atoms with Crippen molar-refractivity contribution < 1.29 is 26.0 Å². The Morgan fingerprint density at radius 2 is 1.74 bits per heavy atom. The van der Waals surface area contributed by atoms with Gasteiger partial charge in [0.2, 0.25) is 10.0 Å². The van der Waals surface area contributed by atoms with Crippen LogP contribution in [0.15, 0.2) is 59.5 Å². The number of sulfonamides is 1. The summed E-state index contributed by atoms with van der Waals surface area (Å²) in [5.41, 5.74) is -1.03. The zero-order chi connectivity index (χ0) is 19.8. The number of benzene rings is 2. The predicted octanol–water partition coefficient (Wildman–Crippen LogP) is 4.78. The highest BCUT2D eigenvalue weighted by atomic mass is 35.5. The number of halogens is 5. The molecule has 0 aromatic heterocycles. The fraction of sp³-hybridized carbons (Fsp3) is 0.222. The highest BCUT2D eigenvalue weighted by Gasteiger charge is 2.35. The molecule has 0 aliphatic carbocycles. The lowest BCUT2D eigenvalue weighted by atomic mass is 9.97. The maximum Gasteiger partial charge on any atom is 0.417 e. The predicted molar refractivity (Wildman–Crippen MR) is 94.5 cm³/mol. The van der Waals surface area contributed by atoms with Gasteiger partial charge in [0.1, 0.15) is 6.17 Å². The fourth-order valence-electron chi connectivity index (χ4n) is 2.84. The first-order valence-corrected chi connectivity index (χ1v) is 9.69. The van der Waals surface area contributed by atoms with E-state index in [-0.39, 0.29) is 22.6 Å². The molecule has 27 heavy (non-hydrogen) atoms. The summed E-state index contributed by atoms with van der Waals surface area (Å²) in [4.78, 5) is 0.0277. The van der Waals surface area contributed by atoms with Crippen molar-refractivity contribution in [3.8, 4) is 0 Å². The molecule has 3 rings (SSSR count). The summed E-state index contributed by atoms with van der Waals surface area (Å²) in [6, 6.07) is 10.7. The van der Waals surface area contributed by atoms with Crippen LogP contribution in [0.3, 0.4) is 0 Å². The largest absolute Gasteiger partial charge is 0.417 e. The molecule has 1 aliphatic rings. The van der Waals surface area contributed by atoms with Crippen molar-refractivity contribution in [3.05, 3.63) is 70.8 Å². The molecule has 1 atom stereocenters. The molecular weight excluding hydrogens is 406 g/mol. The molecule has 0 bridgehead atoms. The Morgan fingerprint density at radius 1 is 1.07 bits per heavy atom. The van der Waals surface area contributed by atoms with E-state index in [1.807, 2.05) is 0 Å². The van der Waals surface area contributed by atoms with Crippen LogP contribution in [0.1, 0.15) is 11.1 Å². The summed E-state index contributed by atoms with van der Waals surface area (Å²) in [6.45, 7) is -0.621. The first kappa shape index (κ1) is 19.9. The molecule has 0 N–H and O–H groups in total. The topological polar surface area (TPSA) is 37.4 Å². The third-order valence-corrected chi connectivity index (χ3v) is 6.38. The van der Waals surface area contributed by atoms with E-state index in [4.69, 9.17) is 11.6 Å². The third-order valence-electron chi connectivity index (χ3n) is 4.20. The molecule has 144 valence electrons. The molecule has 0 radical (unpaired) electrons. The zero-order valence-electron chi connectivity index (χ0n) is 13.7. The fourth-order valence-corrected chi connectivity index (χ4v) is 4.46. The van der Waals surface area contributed by atoms with E-state index in [0.717, 1.165) is 16.4 Å². The van der Waals surface area contributed by atoms with Gasteiger partial charge < -0.3 is 0 Å². The molecule has 0 saturated carbocycles. The average molecular weight is 420 g/mol. The Morgan fingerprint density at radius 3 is 2.33 bits per heavy atom. The molecule has 2 aromatic rings. The molecule has 1 aliphatic heterocycles. The van der Waals surface area contributed by atoms with E-state index in [1.54, 1.807) is 18.2 Å². The quantitative estimate of drug-likeness (QED) is 0.671. The lowest BCUT2D eigenvalue weighted by molar-refractivity contribution is -0.137. The highest BCUT2D eigenvalue weighted by Crippen LogP contribution is 2.37. The van der Waals surface area contributed by atoms with Crippen LogP contribution in [0.5, 0.6) is 0 Å². The average Bonchev–Trinajstić information content (AvgIpc) is 2.62. The van der Waals surface area contributed by atoms with Gasteiger partial charge in [-0.3, -0.25) is 0 Å². The first-order chi connectivity index (χ1) is 12.6. The van der Waals surface area contributed by atoms with E-state index in [2.05, 4.69) is 0 Å². The van der Waals surface area contributed by atoms with E-state index in [0.29, 0.717) is 0 Å². The molecule has 1 unspecified atom stereocenters. The van der Waals surface area contributed by atoms with Crippen LogP contribution in [0.2, 0.25) is 5.02 Å². The van der Waals surface area contributed by atoms with Gasteiger partial charge in [0.25, 0.3) is 0 Å².